The van der Waals surface area contributed by atoms with Gasteiger partial charge in [0.15, 0.2) is 0 Å². The minimum atomic E-state index is 0.605. The molecule has 0 aromatic carbocycles. The van der Waals surface area contributed by atoms with Gasteiger partial charge in [0, 0.05) is 17.8 Å². The standard InChI is InChI=1S/C12H21N3/c1-3-9(2)11-8-14-12(15-11)10-4-6-13-7-5-10/h8-10,13H,3-7H2,1-2H3,(H,14,15). The van der Waals surface area contributed by atoms with Crippen molar-refractivity contribution in [1.29, 1.82) is 0 Å². The summed E-state index contributed by atoms with van der Waals surface area (Å²) in [6.45, 7) is 6.73. The third-order valence-corrected chi connectivity index (χ3v) is 3.48. The van der Waals surface area contributed by atoms with Crippen LogP contribution in [-0.4, -0.2) is 23.1 Å². The van der Waals surface area contributed by atoms with E-state index in [9.17, 15) is 0 Å². The van der Waals surface area contributed by atoms with Crippen molar-refractivity contribution in [3.8, 4) is 0 Å². The molecule has 2 N–H and O–H groups in total. The lowest BCUT2D eigenvalue weighted by atomic mass is 9.97. The molecule has 0 saturated carbocycles. The largest absolute Gasteiger partial charge is 0.345 e. The lowest BCUT2D eigenvalue weighted by Crippen LogP contribution is -2.27. The van der Waals surface area contributed by atoms with E-state index in [0.717, 1.165) is 13.1 Å². The Bertz CT molecular complexity index is 300. The Kier molecular flexibility index (Phi) is 3.41. The van der Waals surface area contributed by atoms with Crippen molar-refractivity contribution in [3.05, 3.63) is 17.7 Å². The molecule has 0 aliphatic carbocycles. The Morgan fingerprint density at radius 2 is 2.20 bits per heavy atom. The fraction of sp³-hybridized carbons (Fsp3) is 0.750. The second kappa shape index (κ2) is 4.79. The van der Waals surface area contributed by atoms with E-state index >= 15 is 0 Å². The second-order valence-corrected chi connectivity index (χ2v) is 4.56. The van der Waals surface area contributed by atoms with E-state index < -0.39 is 0 Å². The molecule has 0 amide bonds. The highest BCUT2D eigenvalue weighted by Crippen LogP contribution is 2.24. The van der Waals surface area contributed by atoms with Crippen LogP contribution < -0.4 is 5.32 Å². The molecule has 1 aliphatic heterocycles. The Balaban J connectivity index is 2.05. The minimum Gasteiger partial charge on any atom is -0.345 e. The quantitative estimate of drug-likeness (QED) is 0.799. The van der Waals surface area contributed by atoms with Gasteiger partial charge in [-0.25, -0.2) is 4.98 Å². The maximum absolute atomic E-state index is 4.53. The van der Waals surface area contributed by atoms with Crippen LogP contribution in [-0.2, 0) is 0 Å². The lowest BCUT2D eigenvalue weighted by Gasteiger charge is -2.20. The van der Waals surface area contributed by atoms with Gasteiger partial charge in [-0.15, -0.1) is 0 Å². The number of aromatic amines is 1. The van der Waals surface area contributed by atoms with Crippen LogP contribution in [0.1, 0.15) is 56.5 Å². The fourth-order valence-electron chi connectivity index (χ4n) is 2.12. The van der Waals surface area contributed by atoms with Crippen LogP contribution in [0.25, 0.3) is 0 Å². The zero-order chi connectivity index (χ0) is 10.7. The van der Waals surface area contributed by atoms with Crippen molar-refractivity contribution in [2.45, 2.75) is 44.9 Å². The van der Waals surface area contributed by atoms with Crippen molar-refractivity contribution in [2.24, 2.45) is 0 Å². The highest BCUT2D eigenvalue weighted by atomic mass is 14.9. The van der Waals surface area contributed by atoms with Gasteiger partial charge >= 0.3 is 0 Å². The molecule has 1 aromatic heterocycles. The van der Waals surface area contributed by atoms with Crippen LogP contribution in [0.3, 0.4) is 0 Å². The van der Waals surface area contributed by atoms with Gasteiger partial charge in [-0.3, -0.25) is 0 Å². The van der Waals surface area contributed by atoms with Crippen LogP contribution in [0.15, 0.2) is 6.20 Å². The Morgan fingerprint density at radius 3 is 2.87 bits per heavy atom. The first kappa shape index (κ1) is 10.7. The number of aromatic nitrogens is 2. The van der Waals surface area contributed by atoms with E-state index in [2.05, 4.69) is 29.1 Å². The molecule has 1 aliphatic rings. The molecule has 3 heteroatoms. The minimum absolute atomic E-state index is 0.605. The highest BCUT2D eigenvalue weighted by Gasteiger charge is 2.18. The summed E-state index contributed by atoms with van der Waals surface area (Å²) in [5.74, 6) is 2.45. The van der Waals surface area contributed by atoms with Crippen LogP contribution in [0.2, 0.25) is 0 Å². The monoisotopic (exact) mass is 207 g/mol. The number of rotatable bonds is 3. The van der Waals surface area contributed by atoms with Gasteiger partial charge in [0.05, 0.1) is 0 Å². The van der Waals surface area contributed by atoms with Crippen molar-refractivity contribution in [1.82, 2.24) is 15.3 Å². The molecular weight excluding hydrogens is 186 g/mol. The molecule has 0 spiro atoms. The van der Waals surface area contributed by atoms with Crippen molar-refractivity contribution in [2.75, 3.05) is 13.1 Å². The van der Waals surface area contributed by atoms with E-state index in [4.69, 9.17) is 0 Å². The highest BCUT2D eigenvalue weighted by molar-refractivity contribution is 5.10. The number of nitrogens with zero attached hydrogens (tertiary/aromatic N) is 1. The van der Waals surface area contributed by atoms with Crippen LogP contribution in [0, 0.1) is 0 Å². The third kappa shape index (κ3) is 2.40. The molecule has 0 radical (unpaired) electrons. The second-order valence-electron chi connectivity index (χ2n) is 4.56. The summed E-state index contributed by atoms with van der Waals surface area (Å²) in [5, 5.41) is 3.38. The van der Waals surface area contributed by atoms with E-state index in [0.29, 0.717) is 11.8 Å². The van der Waals surface area contributed by atoms with E-state index in [1.54, 1.807) is 0 Å². The Labute approximate surface area is 91.7 Å². The predicted octanol–water partition coefficient (Wildman–Crippen LogP) is 2.39. The summed E-state index contributed by atoms with van der Waals surface area (Å²) in [4.78, 5) is 8.02. The Morgan fingerprint density at radius 1 is 1.47 bits per heavy atom. The molecule has 1 fully saturated rings. The summed E-state index contributed by atoms with van der Waals surface area (Å²) >= 11 is 0. The molecule has 1 saturated heterocycles. The Hall–Kier alpha value is -0.830. The first-order valence-electron chi connectivity index (χ1n) is 6.06. The summed E-state index contributed by atoms with van der Waals surface area (Å²) in [7, 11) is 0. The first-order chi connectivity index (χ1) is 7.31. The summed E-state index contributed by atoms with van der Waals surface area (Å²) in [6.07, 6.45) is 5.63. The van der Waals surface area contributed by atoms with E-state index in [-0.39, 0.29) is 0 Å². The molecular formula is C12H21N3. The van der Waals surface area contributed by atoms with Crippen LogP contribution in [0.4, 0.5) is 0 Å². The van der Waals surface area contributed by atoms with Crippen molar-refractivity contribution >= 4 is 0 Å². The zero-order valence-electron chi connectivity index (χ0n) is 9.71. The molecule has 0 bridgehead atoms. The number of hydrogen-bond acceptors (Lipinski definition) is 2. The van der Waals surface area contributed by atoms with Gasteiger partial charge in [-0.1, -0.05) is 13.8 Å². The first-order valence-corrected chi connectivity index (χ1v) is 6.06. The average Bonchev–Trinajstić information content (AvgIpc) is 2.78. The lowest BCUT2D eigenvalue weighted by molar-refractivity contribution is 0.446. The zero-order valence-corrected chi connectivity index (χ0v) is 9.71. The normalized spacial score (nSPS) is 20.4. The van der Waals surface area contributed by atoms with Crippen molar-refractivity contribution in [3.63, 3.8) is 0 Å². The maximum Gasteiger partial charge on any atom is 0.109 e. The van der Waals surface area contributed by atoms with Crippen LogP contribution in [0.5, 0.6) is 0 Å². The number of piperidine rings is 1. The third-order valence-electron chi connectivity index (χ3n) is 3.48. The summed E-state index contributed by atoms with van der Waals surface area (Å²) in [5.41, 5.74) is 1.30. The number of H-pyrrole nitrogens is 1. The molecule has 1 aromatic rings. The number of nitrogens with one attached hydrogen (secondary N) is 2. The summed E-state index contributed by atoms with van der Waals surface area (Å²) in [6, 6.07) is 0. The molecule has 2 heterocycles. The molecule has 1 atom stereocenters. The van der Waals surface area contributed by atoms with Crippen LogP contribution >= 0.6 is 0 Å². The smallest absolute Gasteiger partial charge is 0.109 e. The van der Waals surface area contributed by atoms with Crippen molar-refractivity contribution < 1.29 is 0 Å². The van der Waals surface area contributed by atoms with Gasteiger partial charge in [0.25, 0.3) is 0 Å². The maximum atomic E-state index is 4.53. The van der Waals surface area contributed by atoms with Gasteiger partial charge in [0.2, 0.25) is 0 Å². The fourth-order valence-corrected chi connectivity index (χ4v) is 2.12. The average molecular weight is 207 g/mol. The SMILES string of the molecule is CCC(C)c1cnc(C2CCNCC2)[nH]1. The van der Waals surface area contributed by atoms with Gasteiger partial charge < -0.3 is 10.3 Å². The van der Waals surface area contributed by atoms with E-state index in [1.165, 1.54) is 30.8 Å². The molecule has 84 valence electrons. The molecule has 15 heavy (non-hydrogen) atoms. The molecule has 3 nitrogen and oxygen atoms in total. The number of imidazole rings is 1. The van der Waals surface area contributed by atoms with Gasteiger partial charge in [-0.05, 0) is 38.3 Å². The topological polar surface area (TPSA) is 40.7 Å². The molecule has 2 rings (SSSR count). The summed E-state index contributed by atoms with van der Waals surface area (Å²) < 4.78 is 0. The molecule has 1 unspecified atom stereocenters. The van der Waals surface area contributed by atoms with Gasteiger partial charge in [-0.2, -0.15) is 0 Å². The number of hydrogen-bond donors (Lipinski definition) is 2. The van der Waals surface area contributed by atoms with Gasteiger partial charge in [0.1, 0.15) is 5.82 Å². The van der Waals surface area contributed by atoms with E-state index in [1.807, 2.05) is 6.20 Å². The predicted molar refractivity (Wildman–Crippen MR) is 62.1 cm³/mol.